The van der Waals surface area contributed by atoms with Crippen LogP contribution >= 0.6 is 0 Å². The van der Waals surface area contributed by atoms with Gasteiger partial charge in [-0.3, -0.25) is 4.79 Å². The van der Waals surface area contributed by atoms with E-state index in [2.05, 4.69) is 0 Å². The second kappa shape index (κ2) is 6.27. The van der Waals surface area contributed by atoms with E-state index in [1.54, 1.807) is 25.3 Å². The molecular weight excluding hydrogens is 330 g/mol. The number of carbonyl (C=O) groups is 1. The number of benzene rings is 1. The number of amides is 1. The highest BCUT2D eigenvalue weighted by atomic mass is 32.2. The number of piperidine rings is 1. The summed E-state index contributed by atoms with van der Waals surface area (Å²) in [5.74, 6) is 1.03. The van der Waals surface area contributed by atoms with Gasteiger partial charge in [0.2, 0.25) is 0 Å². The minimum absolute atomic E-state index is 0.00377. The van der Waals surface area contributed by atoms with Crippen molar-refractivity contribution in [1.29, 1.82) is 0 Å². The van der Waals surface area contributed by atoms with Gasteiger partial charge in [-0.25, -0.2) is 8.42 Å². The summed E-state index contributed by atoms with van der Waals surface area (Å²) >= 11 is 0. The fourth-order valence-corrected chi connectivity index (χ4v) is 5.07. The topological polar surface area (TPSA) is 72.9 Å². The zero-order chi connectivity index (χ0) is 17.5. The minimum atomic E-state index is -3.06. The number of ether oxygens (including phenoxy) is 2. The van der Waals surface area contributed by atoms with Gasteiger partial charge in [-0.2, -0.15) is 0 Å². The van der Waals surface area contributed by atoms with E-state index < -0.39 is 9.84 Å². The molecule has 1 aromatic rings. The average molecular weight is 353 g/mol. The van der Waals surface area contributed by atoms with Crippen LogP contribution in [0, 0.1) is 0 Å². The van der Waals surface area contributed by atoms with E-state index in [1.165, 1.54) is 13.4 Å². The van der Waals surface area contributed by atoms with Gasteiger partial charge in [-0.1, -0.05) is 0 Å². The van der Waals surface area contributed by atoms with Crippen molar-refractivity contribution in [3.8, 4) is 11.5 Å². The van der Waals surface area contributed by atoms with Crippen LogP contribution in [0.5, 0.6) is 11.5 Å². The zero-order valence-corrected chi connectivity index (χ0v) is 15.0. The molecule has 2 aliphatic rings. The Bertz CT molecular complexity index is 731. The van der Waals surface area contributed by atoms with Crippen molar-refractivity contribution in [2.45, 2.75) is 43.0 Å². The van der Waals surface area contributed by atoms with Gasteiger partial charge in [-0.15, -0.1) is 0 Å². The van der Waals surface area contributed by atoms with Crippen LogP contribution in [0.15, 0.2) is 18.2 Å². The number of sulfone groups is 1. The first-order valence-corrected chi connectivity index (χ1v) is 10.0. The van der Waals surface area contributed by atoms with E-state index in [9.17, 15) is 13.2 Å². The monoisotopic (exact) mass is 353 g/mol. The number of carbonyl (C=O) groups excluding carboxylic acids is 1. The van der Waals surface area contributed by atoms with Gasteiger partial charge in [0.25, 0.3) is 5.91 Å². The molecule has 2 saturated heterocycles. The SMILES string of the molecule is COc1ccc(C(=O)N2C3CCC2CC(S(C)(=O)=O)C3)cc1OC. The molecule has 0 aliphatic carbocycles. The van der Waals surface area contributed by atoms with Crippen LogP contribution in [0.1, 0.15) is 36.0 Å². The molecule has 7 heteroatoms. The lowest BCUT2D eigenvalue weighted by Crippen LogP contribution is -2.49. The third kappa shape index (κ3) is 2.97. The van der Waals surface area contributed by atoms with Gasteiger partial charge in [0, 0.05) is 23.9 Å². The van der Waals surface area contributed by atoms with Crippen LogP contribution in [0.2, 0.25) is 0 Å². The highest BCUT2D eigenvalue weighted by Crippen LogP contribution is 2.39. The number of hydrogen-bond acceptors (Lipinski definition) is 5. The molecule has 0 spiro atoms. The molecule has 2 aliphatic heterocycles. The maximum atomic E-state index is 13.0. The molecule has 2 heterocycles. The molecule has 1 amide bonds. The minimum Gasteiger partial charge on any atom is -0.493 e. The van der Waals surface area contributed by atoms with Crippen LogP contribution in [-0.2, 0) is 9.84 Å². The van der Waals surface area contributed by atoms with E-state index in [-0.39, 0.29) is 23.2 Å². The predicted octanol–water partition coefficient (Wildman–Crippen LogP) is 1.88. The Morgan fingerprint density at radius 1 is 1.08 bits per heavy atom. The molecule has 3 rings (SSSR count). The fourth-order valence-electron chi connectivity index (χ4n) is 3.93. The second-order valence-corrected chi connectivity index (χ2v) is 8.92. The summed E-state index contributed by atoms with van der Waals surface area (Å²) in [7, 11) is 0.0266. The Morgan fingerprint density at radius 2 is 1.67 bits per heavy atom. The molecule has 0 N–H and O–H groups in total. The number of nitrogens with zero attached hydrogens (tertiary/aromatic N) is 1. The smallest absolute Gasteiger partial charge is 0.254 e. The van der Waals surface area contributed by atoms with Crippen molar-refractivity contribution in [1.82, 2.24) is 4.90 Å². The van der Waals surface area contributed by atoms with Gasteiger partial charge in [0.15, 0.2) is 11.5 Å². The first-order valence-electron chi connectivity index (χ1n) is 8.08. The molecule has 2 atom stereocenters. The van der Waals surface area contributed by atoms with Crippen molar-refractivity contribution in [3.05, 3.63) is 23.8 Å². The van der Waals surface area contributed by atoms with Gasteiger partial charge < -0.3 is 14.4 Å². The lowest BCUT2D eigenvalue weighted by molar-refractivity contribution is 0.0598. The molecule has 2 unspecified atom stereocenters. The molecule has 0 radical (unpaired) electrons. The van der Waals surface area contributed by atoms with Crippen LogP contribution in [0.4, 0.5) is 0 Å². The third-order valence-corrected chi connectivity index (χ3v) is 6.76. The van der Waals surface area contributed by atoms with Crippen molar-refractivity contribution in [3.63, 3.8) is 0 Å². The number of hydrogen-bond donors (Lipinski definition) is 0. The van der Waals surface area contributed by atoms with E-state index >= 15 is 0 Å². The highest BCUT2D eigenvalue weighted by Gasteiger charge is 2.46. The summed E-state index contributed by atoms with van der Waals surface area (Å²) < 4.78 is 34.2. The standard InChI is InChI=1S/C17H23NO5S/c1-22-15-7-4-11(8-16(15)23-2)17(19)18-12-5-6-13(18)10-14(9-12)24(3,20)21/h4,7-8,12-14H,5-6,9-10H2,1-3H3. The molecule has 2 bridgehead atoms. The van der Waals surface area contributed by atoms with E-state index in [4.69, 9.17) is 9.47 Å². The van der Waals surface area contributed by atoms with Crippen molar-refractivity contribution < 1.29 is 22.7 Å². The summed E-state index contributed by atoms with van der Waals surface area (Å²) in [6.45, 7) is 0. The maximum Gasteiger partial charge on any atom is 0.254 e. The molecule has 1 aromatic carbocycles. The van der Waals surface area contributed by atoms with Gasteiger partial charge >= 0.3 is 0 Å². The molecule has 6 nitrogen and oxygen atoms in total. The van der Waals surface area contributed by atoms with Gasteiger partial charge in [0.05, 0.1) is 19.5 Å². The largest absolute Gasteiger partial charge is 0.493 e. The van der Waals surface area contributed by atoms with E-state index in [0.717, 1.165) is 12.8 Å². The number of fused-ring (bicyclic) bond motifs is 2. The van der Waals surface area contributed by atoms with Gasteiger partial charge in [-0.05, 0) is 43.9 Å². The Morgan fingerprint density at radius 3 is 2.17 bits per heavy atom. The first-order chi connectivity index (χ1) is 11.3. The predicted molar refractivity (Wildman–Crippen MR) is 90.4 cm³/mol. The highest BCUT2D eigenvalue weighted by molar-refractivity contribution is 7.91. The molecule has 0 aromatic heterocycles. The number of methoxy groups -OCH3 is 2. The van der Waals surface area contributed by atoms with Crippen molar-refractivity contribution >= 4 is 15.7 Å². The normalized spacial score (nSPS) is 26.3. The third-order valence-electron chi connectivity index (χ3n) is 5.16. The Labute approximate surface area is 142 Å². The Kier molecular flexibility index (Phi) is 4.46. The van der Waals surface area contributed by atoms with E-state index in [0.29, 0.717) is 29.9 Å². The Hall–Kier alpha value is -1.76. The fraction of sp³-hybridized carbons (Fsp3) is 0.588. The summed E-state index contributed by atoms with van der Waals surface area (Å²) in [5.41, 5.74) is 0.544. The molecular formula is C17H23NO5S. The summed E-state index contributed by atoms with van der Waals surface area (Å²) in [6.07, 6.45) is 4.11. The Balaban J connectivity index is 1.84. The van der Waals surface area contributed by atoms with Crippen LogP contribution < -0.4 is 9.47 Å². The summed E-state index contributed by atoms with van der Waals surface area (Å²) in [4.78, 5) is 14.8. The summed E-state index contributed by atoms with van der Waals surface area (Å²) in [6, 6.07) is 5.14. The van der Waals surface area contributed by atoms with Crippen molar-refractivity contribution in [2.24, 2.45) is 0 Å². The van der Waals surface area contributed by atoms with Crippen molar-refractivity contribution in [2.75, 3.05) is 20.5 Å². The molecule has 0 saturated carbocycles. The van der Waals surface area contributed by atoms with E-state index in [1.807, 2.05) is 4.90 Å². The molecule has 24 heavy (non-hydrogen) atoms. The lowest BCUT2D eigenvalue weighted by Gasteiger charge is -2.38. The average Bonchev–Trinajstić information content (AvgIpc) is 2.81. The summed E-state index contributed by atoms with van der Waals surface area (Å²) in [5, 5.41) is -0.329. The van der Waals surface area contributed by atoms with Crippen LogP contribution in [0.3, 0.4) is 0 Å². The lowest BCUT2D eigenvalue weighted by atomic mass is 10.0. The second-order valence-electron chi connectivity index (χ2n) is 6.59. The zero-order valence-electron chi connectivity index (χ0n) is 14.2. The first kappa shape index (κ1) is 17.1. The maximum absolute atomic E-state index is 13.0. The molecule has 2 fully saturated rings. The van der Waals surface area contributed by atoms with Crippen LogP contribution in [0.25, 0.3) is 0 Å². The molecule has 132 valence electrons. The van der Waals surface area contributed by atoms with Crippen LogP contribution in [-0.4, -0.2) is 57.0 Å². The van der Waals surface area contributed by atoms with Gasteiger partial charge in [0.1, 0.15) is 9.84 Å². The number of rotatable bonds is 4. The quantitative estimate of drug-likeness (QED) is 0.826.